The van der Waals surface area contributed by atoms with Crippen LogP contribution in [0.3, 0.4) is 0 Å². The molecule has 0 aliphatic carbocycles. The number of hydrogen-bond donors (Lipinski definition) is 0. The Kier molecular flexibility index (Phi) is 24.0. The molecule has 1 atom stereocenters. The summed E-state index contributed by atoms with van der Waals surface area (Å²) in [5.41, 5.74) is 0. The quantitative estimate of drug-likeness (QED) is 0.155. The van der Waals surface area contributed by atoms with Gasteiger partial charge in [-0.3, -0.25) is 0 Å². The van der Waals surface area contributed by atoms with E-state index in [1.807, 2.05) is 0 Å². The molecule has 0 nitrogen and oxygen atoms in total. The van der Waals surface area contributed by atoms with Crippen molar-refractivity contribution in [2.45, 2.75) is 162 Å². The third-order valence-electron chi connectivity index (χ3n) is 6.29. The van der Waals surface area contributed by atoms with E-state index in [9.17, 15) is 0 Å². The van der Waals surface area contributed by atoms with Gasteiger partial charge in [-0.15, -0.1) is 0 Å². The summed E-state index contributed by atoms with van der Waals surface area (Å²) < 4.78 is 0. The molecule has 0 fully saturated rings. The zero-order valence-electron chi connectivity index (χ0n) is 19.5. The Morgan fingerprint density at radius 3 is 1.07 bits per heavy atom. The highest BCUT2D eigenvalue weighted by molar-refractivity contribution is 4.62. The van der Waals surface area contributed by atoms with Gasteiger partial charge in [0.25, 0.3) is 0 Å². The van der Waals surface area contributed by atoms with E-state index >= 15 is 0 Å². The van der Waals surface area contributed by atoms with Crippen LogP contribution < -0.4 is 0 Å². The maximum absolute atomic E-state index is 4.08. The minimum absolute atomic E-state index is 0.973. The second-order valence-electron chi connectivity index (χ2n) is 9.10. The summed E-state index contributed by atoms with van der Waals surface area (Å²) in [6.07, 6.45) is 33.2. The maximum atomic E-state index is 4.08. The van der Waals surface area contributed by atoms with Crippen molar-refractivity contribution in [1.82, 2.24) is 0 Å². The molecule has 0 heteroatoms. The highest BCUT2D eigenvalue weighted by Crippen LogP contribution is 2.22. The van der Waals surface area contributed by atoms with Gasteiger partial charge in [-0.05, 0) is 5.92 Å². The molecule has 0 rings (SSSR count). The molecular formula is C27H55. The molecule has 0 N–H and O–H groups in total. The SMILES string of the molecule is [CH2]CCC(CCCCC)CCCCCCCCCCCCCCCCCC. The van der Waals surface area contributed by atoms with E-state index in [1.54, 1.807) is 0 Å². The highest BCUT2D eigenvalue weighted by atomic mass is 14.1. The molecule has 0 aliphatic heterocycles. The summed E-state index contributed by atoms with van der Waals surface area (Å²) in [5, 5.41) is 0. The van der Waals surface area contributed by atoms with E-state index in [-0.39, 0.29) is 0 Å². The van der Waals surface area contributed by atoms with Crippen molar-refractivity contribution >= 4 is 0 Å². The van der Waals surface area contributed by atoms with Crippen LogP contribution in [0.25, 0.3) is 0 Å². The smallest absolute Gasteiger partial charge is 0.0414 e. The Morgan fingerprint density at radius 1 is 0.407 bits per heavy atom. The Morgan fingerprint density at radius 2 is 0.704 bits per heavy atom. The molecule has 0 bridgehead atoms. The summed E-state index contributed by atoms with van der Waals surface area (Å²) in [4.78, 5) is 0. The summed E-state index contributed by atoms with van der Waals surface area (Å²) in [6, 6.07) is 0. The van der Waals surface area contributed by atoms with Crippen molar-refractivity contribution in [1.29, 1.82) is 0 Å². The van der Waals surface area contributed by atoms with Gasteiger partial charge >= 0.3 is 0 Å². The lowest BCUT2D eigenvalue weighted by molar-refractivity contribution is 0.385. The number of rotatable bonds is 23. The fourth-order valence-corrected chi connectivity index (χ4v) is 4.39. The van der Waals surface area contributed by atoms with Gasteiger partial charge in [0.2, 0.25) is 0 Å². The number of unbranched alkanes of at least 4 members (excludes halogenated alkanes) is 17. The zero-order chi connectivity index (χ0) is 19.8. The van der Waals surface area contributed by atoms with Gasteiger partial charge in [0, 0.05) is 0 Å². The Labute approximate surface area is 174 Å². The lowest BCUT2D eigenvalue weighted by atomic mass is 9.91. The van der Waals surface area contributed by atoms with Crippen molar-refractivity contribution in [3.63, 3.8) is 0 Å². The van der Waals surface area contributed by atoms with Gasteiger partial charge in [0.15, 0.2) is 0 Å². The molecule has 0 amide bonds. The molecule has 0 aromatic rings. The summed E-state index contributed by atoms with van der Waals surface area (Å²) in [7, 11) is 0. The molecule has 0 aliphatic rings. The Hall–Kier alpha value is 0. The molecule has 1 unspecified atom stereocenters. The normalized spacial score (nSPS) is 12.6. The second-order valence-corrected chi connectivity index (χ2v) is 9.10. The van der Waals surface area contributed by atoms with E-state index < -0.39 is 0 Å². The third kappa shape index (κ3) is 22.2. The van der Waals surface area contributed by atoms with Crippen molar-refractivity contribution < 1.29 is 0 Å². The van der Waals surface area contributed by atoms with Crippen LogP contribution in [-0.4, -0.2) is 0 Å². The van der Waals surface area contributed by atoms with Crippen molar-refractivity contribution in [3.05, 3.63) is 6.92 Å². The van der Waals surface area contributed by atoms with Gasteiger partial charge in [0.1, 0.15) is 0 Å². The molecule has 0 saturated carbocycles. The minimum atomic E-state index is 0.973. The average molecular weight is 380 g/mol. The summed E-state index contributed by atoms with van der Waals surface area (Å²) in [5.74, 6) is 0.973. The van der Waals surface area contributed by atoms with Crippen molar-refractivity contribution in [2.75, 3.05) is 0 Å². The standard InChI is InChI=1S/C27H55/c1-4-7-9-10-11-12-13-14-15-16-17-18-19-20-21-23-26-27(24-6-3)25-22-8-5-2/h27H,3-26H2,1-2H3. The van der Waals surface area contributed by atoms with Gasteiger partial charge in [0.05, 0.1) is 0 Å². The van der Waals surface area contributed by atoms with E-state index in [4.69, 9.17) is 0 Å². The molecule has 163 valence electrons. The topological polar surface area (TPSA) is 0 Å². The van der Waals surface area contributed by atoms with Gasteiger partial charge in [-0.25, -0.2) is 0 Å². The predicted octanol–water partition coefficient (Wildman–Crippen LogP) is 10.4. The minimum Gasteiger partial charge on any atom is -0.0654 e. The largest absolute Gasteiger partial charge is 0.0654 e. The molecular weight excluding hydrogens is 324 g/mol. The van der Waals surface area contributed by atoms with Crippen molar-refractivity contribution in [3.8, 4) is 0 Å². The third-order valence-corrected chi connectivity index (χ3v) is 6.29. The first kappa shape index (κ1) is 27.0. The molecule has 0 heterocycles. The molecule has 0 spiro atoms. The first-order valence-electron chi connectivity index (χ1n) is 13.1. The number of hydrogen-bond acceptors (Lipinski definition) is 0. The average Bonchev–Trinajstić information content (AvgIpc) is 2.67. The lowest BCUT2D eigenvalue weighted by Crippen LogP contribution is -2.00. The van der Waals surface area contributed by atoms with Crippen LogP contribution in [0.1, 0.15) is 162 Å². The van der Waals surface area contributed by atoms with E-state index in [1.165, 1.54) is 141 Å². The van der Waals surface area contributed by atoms with Crippen LogP contribution in [0.5, 0.6) is 0 Å². The molecule has 27 heavy (non-hydrogen) atoms. The fraction of sp³-hybridized carbons (Fsp3) is 0.963. The van der Waals surface area contributed by atoms with Crippen LogP contribution in [-0.2, 0) is 0 Å². The maximum Gasteiger partial charge on any atom is -0.0414 e. The van der Waals surface area contributed by atoms with Gasteiger partial charge in [-0.2, -0.15) is 0 Å². The van der Waals surface area contributed by atoms with Crippen LogP contribution >= 0.6 is 0 Å². The van der Waals surface area contributed by atoms with Crippen LogP contribution in [0.2, 0.25) is 0 Å². The molecule has 0 aromatic heterocycles. The monoisotopic (exact) mass is 379 g/mol. The zero-order valence-corrected chi connectivity index (χ0v) is 19.5. The Balaban J connectivity index is 3.23. The van der Waals surface area contributed by atoms with E-state index in [0.717, 1.165) is 12.3 Å². The predicted molar refractivity (Wildman–Crippen MR) is 126 cm³/mol. The van der Waals surface area contributed by atoms with Crippen molar-refractivity contribution in [2.24, 2.45) is 5.92 Å². The van der Waals surface area contributed by atoms with E-state index in [2.05, 4.69) is 20.8 Å². The highest BCUT2D eigenvalue weighted by Gasteiger charge is 2.07. The van der Waals surface area contributed by atoms with Gasteiger partial charge in [-0.1, -0.05) is 168 Å². The second kappa shape index (κ2) is 24.0. The molecule has 0 saturated heterocycles. The summed E-state index contributed by atoms with van der Waals surface area (Å²) in [6.45, 7) is 8.69. The molecule has 0 aromatic carbocycles. The summed E-state index contributed by atoms with van der Waals surface area (Å²) >= 11 is 0. The van der Waals surface area contributed by atoms with Crippen LogP contribution in [0, 0.1) is 12.8 Å². The fourth-order valence-electron chi connectivity index (χ4n) is 4.39. The first-order chi connectivity index (χ1) is 13.3. The van der Waals surface area contributed by atoms with E-state index in [0.29, 0.717) is 0 Å². The van der Waals surface area contributed by atoms with Gasteiger partial charge < -0.3 is 0 Å². The first-order valence-corrected chi connectivity index (χ1v) is 13.1. The molecule has 1 radical (unpaired) electrons. The van der Waals surface area contributed by atoms with Crippen LogP contribution in [0.15, 0.2) is 0 Å². The lowest BCUT2D eigenvalue weighted by Gasteiger charge is -2.15. The Bertz CT molecular complexity index is 244. The van der Waals surface area contributed by atoms with Crippen LogP contribution in [0.4, 0.5) is 0 Å².